The maximum atomic E-state index is 7.17. The molecule has 0 aromatic carbocycles. The molecule has 0 saturated carbocycles. The Morgan fingerprint density at radius 1 is 1.00 bits per heavy atom. The van der Waals surface area contributed by atoms with Gasteiger partial charge >= 0.3 is 58.7 Å². The standard InChI is InChI=1S/BH3O3.HI.K.H/c2-1(3)4;;;/h2-4H;1H;;. The van der Waals surface area contributed by atoms with E-state index in [1.165, 1.54) is 0 Å². The van der Waals surface area contributed by atoms with Crippen LogP contribution in [0.15, 0.2) is 0 Å². The van der Waals surface area contributed by atoms with Crippen molar-refractivity contribution in [3.05, 3.63) is 0 Å². The van der Waals surface area contributed by atoms with Crippen LogP contribution < -0.4 is 0 Å². The Bertz CT molecular complexity index is 15.5. The van der Waals surface area contributed by atoms with Crippen LogP contribution in [0.25, 0.3) is 0 Å². The summed E-state index contributed by atoms with van der Waals surface area (Å²) in [5.74, 6) is 0. The molecule has 0 bridgehead atoms. The summed E-state index contributed by atoms with van der Waals surface area (Å²) in [6.07, 6.45) is 0. The number of rotatable bonds is 0. The average Bonchev–Trinajstić information content (AvgIpc) is 0.811. The van der Waals surface area contributed by atoms with Crippen LogP contribution in [0.1, 0.15) is 0 Å². The van der Waals surface area contributed by atoms with Crippen LogP contribution in [-0.2, 0) is 0 Å². The van der Waals surface area contributed by atoms with E-state index in [1.54, 1.807) is 0 Å². The quantitative estimate of drug-likeness (QED) is 0.330. The Morgan fingerprint density at radius 3 is 1.00 bits per heavy atom. The van der Waals surface area contributed by atoms with Crippen molar-refractivity contribution in [1.82, 2.24) is 0 Å². The normalized spacial score (nSPS) is 4.50. The van der Waals surface area contributed by atoms with Gasteiger partial charge in [-0.15, -0.1) is 24.0 Å². The Morgan fingerprint density at radius 2 is 1.00 bits per heavy atom. The molecule has 0 aromatic heterocycles. The molecule has 34 valence electrons. The first-order valence-electron chi connectivity index (χ1n) is 0.775. The van der Waals surface area contributed by atoms with E-state index in [4.69, 9.17) is 15.1 Å². The summed E-state index contributed by atoms with van der Waals surface area (Å²) in [4.78, 5) is 0. The van der Waals surface area contributed by atoms with E-state index in [0.29, 0.717) is 0 Å². The summed E-state index contributed by atoms with van der Waals surface area (Å²) in [6, 6.07) is 0. The predicted octanol–water partition coefficient (Wildman–Crippen LogP) is -2.08. The molecule has 0 amide bonds. The van der Waals surface area contributed by atoms with Crippen molar-refractivity contribution >= 4 is 82.7 Å². The van der Waals surface area contributed by atoms with Crippen molar-refractivity contribution in [2.75, 3.05) is 0 Å². The number of hydrogen-bond donors (Lipinski definition) is 3. The fourth-order valence-corrected chi connectivity index (χ4v) is 0. The van der Waals surface area contributed by atoms with Gasteiger partial charge in [0.2, 0.25) is 0 Å². The molecule has 6 heteroatoms. The summed E-state index contributed by atoms with van der Waals surface area (Å²) in [5, 5.41) is 21.5. The molecule has 3 N–H and O–H groups in total. The molecule has 3 nitrogen and oxygen atoms in total. The van der Waals surface area contributed by atoms with Gasteiger partial charge < -0.3 is 15.1 Å². The molecule has 0 saturated heterocycles. The zero-order chi connectivity index (χ0) is 3.58. The van der Waals surface area contributed by atoms with Crippen molar-refractivity contribution < 1.29 is 15.1 Å². The third-order valence-electron chi connectivity index (χ3n) is 0. The molecule has 0 unspecified atom stereocenters. The minimum atomic E-state index is -2.17. The van der Waals surface area contributed by atoms with Crippen molar-refractivity contribution in [2.24, 2.45) is 0 Å². The molecule has 0 aliphatic heterocycles. The first-order valence-corrected chi connectivity index (χ1v) is 0.775. The van der Waals surface area contributed by atoms with Gasteiger partial charge in [-0.2, -0.15) is 0 Å². The van der Waals surface area contributed by atoms with Gasteiger partial charge in [-0.3, -0.25) is 0 Å². The van der Waals surface area contributed by atoms with E-state index in [1.807, 2.05) is 0 Å². The second-order valence-corrected chi connectivity index (χ2v) is 0.346. The van der Waals surface area contributed by atoms with Gasteiger partial charge in [0.25, 0.3) is 0 Å². The fraction of sp³-hybridized carbons (Fsp3) is 0. The third-order valence-corrected chi connectivity index (χ3v) is 0. The topological polar surface area (TPSA) is 60.7 Å². The van der Waals surface area contributed by atoms with Gasteiger partial charge in [0.1, 0.15) is 0 Å². The van der Waals surface area contributed by atoms with Gasteiger partial charge in [-0.05, 0) is 0 Å². The summed E-state index contributed by atoms with van der Waals surface area (Å²) in [7, 11) is -2.17. The first-order chi connectivity index (χ1) is 1.73. The van der Waals surface area contributed by atoms with Gasteiger partial charge in [0.15, 0.2) is 0 Å². The van der Waals surface area contributed by atoms with Crippen LogP contribution in [0.5, 0.6) is 0 Å². The van der Waals surface area contributed by atoms with Crippen molar-refractivity contribution in [2.45, 2.75) is 0 Å². The molecular formula is H5BIKO3. The molecule has 0 heterocycles. The van der Waals surface area contributed by atoms with E-state index in [-0.39, 0.29) is 75.4 Å². The van der Waals surface area contributed by atoms with E-state index in [2.05, 4.69) is 0 Å². The molecule has 0 spiro atoms. The summed E-state index contributed by atoms with van der Waals surface area (Å²) in [5.41, 5.74) is 0. The van der Waals surface area contributed by atoms with Gasteiger partial charge in [0, 0.05) is 0 Å². The van der Waals surface area contributed by atoms with Crippen molar-refractivity contribution in [1.29, 1.82) is 0 Å². The van der Waals surface area contributed by atoms with Gasteiger partial charge in [-0.25, -0.2) is 0 Å². The molecule has 6 heavy (non-hydrogen) atoms. The van der Waals surface area contributed by atoms with Crippen LogP contribution in [0.4, 0.5) is 0 Å². The molecule has 0 rings (SSSR count). The molecule has 0 fully saturated rings. The average molecular weight is 230 g/mol. The summed E-state index contributed by atoms with van der Waals surface area (Å²) in [6.45, 7) is 0. The van der Waals surface area contributed by atoms with E-state index in [0.717, 1.165) is 0 Å². The molecule has 0 aliphatic carbocycles. The second kappa shape index (κ2) is 10.3. The van der Waals surface area contributed by atoms with E-state index in [9.17, 15) is 0 Å². The molecule has 0 aromatic rings. The zero-order valence-electron chi connectivity index (χ0n) is 2.33. The monoisotopic (exact) mass is 230 g/mol. The van der Waals surface area contributed by atoms with Crippen molar-refractivity contribution in [3.8, 4) is 0 Å². The van der Waals surface area contributed by atoms with Crippen LogP contribution >= 0.6 is 24.0 Å². The third kappa shape index (κ3) is 33.3. The van der Waals surface area contributed by atoms with Crippen LogP contribution in [-0.4, -0.2) is 73.8 Å². The first kappa shape index (κ1) is 15.7. The predicted molar refractivity (Wildman–Crippen MR) is 35.0 cm³/mol. The maximum absolute atomic E-state index is 7.17. The fourth-order valence-electron chi connectivity index (χ4n) is 0. The van der Waals surface area contributed by atoms with E-state index >= 15 is 0 Å². The Hall–Kier alpha value is 2.31. The van der Waals surface area contributed by atoms with Crippen molar-refractivity contribution in [3.63, 3.8) is 0 Å². The second-order valence-electron chi connectivity index (χ2n) is 0.346. The molecular weight excluding hydrogens is 225 g/mol. The minimum absolute atomic E-state index is 0. The van der Waals surface area contributed by atoms with Crippen LogP contribution in [0.2, 0.25) is 0 Å². The molecule has 0 aliphatic rings. The Labute approximate surface area is 95.8 Å². The van der Waals surface area contributed by atoms with Gasteiger partial charge in [-0.1, -0.05) is 0 Å². The van der Waals surface area contributed by atoms with Gasteiger partial charge in [0.05, 0.1) is 0 Å². The molecule has 0 atom stereocenters. The Balaban J connectivity index is -0.0000000450. The summed E-state index contributed by atoms with van der Waals surface area (Å²) >= 11 is 0. The number of halogens is 1. The summed E-state index contributed by atoms with van der Waals surface area (Å²) < 4.78 is 0. The zero-order valence-corrected chi connectivity index (χ0v) is 4.66. The SMILES string of the molecule is I.OB(O)O.[KH]. The molecule has 0 radical (unpaired) electrons. The number of hydrogen-bond acceptors (Lipinski definition) is 3. The van der Waals surface area contributed by atoms with Crippen LogP contribution in [0, 0.1) is 0 Å². The Kier molecular flexibility index (Phi) is 27.1. The van der Waals surface area contributed by atoms with Crippen LogP contribution in [0.3, 0.4) is 0 Å². The van der Waals surface area contributed by atoms with E-state index < -0.39 is 7.32 Å².